The highest BCUT2D eigenvalue weighted by Crippen LogP contribution is 2.28. The first-order valence-electron chi connectivity index (χ1n) is 10.2. The van der Waals surface area contributed by atoms with Crippen LogP contribution in [-0.4, -0.2) is 25.1 Å². The van der Waals surface area contributed by atoms with Gasteiger partial charge in [-0.2, -0.15) is 5.10 Å². The highest BCUT2D eigenvalue weighted by molar-refractivity contribution is 6.35. The third-order valence-electron chi connectivity index (χ3n) is 4.73. The summed E-state index contributed by atoms with van der Waals surface area (Å²) in [6.07, 6.45) is 1.41. The summed E-state index contributed by atoms with van der Waals surface area (Å²) >= 11 is 5.90. The second-order valence-corrected chi connectivity index (χ2v) is 7.57. The number of nitrogens with one attached hydrogen (secondary N) is 2. The number of hydrazone groups is 1. The standard InChI is InChI=1S/C25H24ClN3O4/c1-17(20-6-4-3-5-7-20)28-24(30)25(31)29-27-15-19-10-13-22(23(14-19)32-2)33-16-18-8-11-21(26)12-9-18/h3-15,17H,16H2,1-2H3,(H,28,30)(H,29,31)/b27-15-/t17-/m0/s1. The number of ether oxygens (including phenoxy) is 2. The minimum atomic E-state index is -0.857. The molecule has 0 saturated heterocycles. The molecule has 0 aliphatic carbocycles. The zero-order valence-corrected chi connectivity index (χ0v) is 19.0. The van der Waals surface area contributed by atoms with E-state index in [-0.39, 0.29) is 6.04 Å². The summed E-state index contributed by atoms with van der Waals surface area (Å²) in [6, 6.07) is 21.6. The van der Waals surface area contributed by atoms with Crippen LogP contribution in [-0.2, 0) is 16.2 Å². The van der Waals surface area contributed by atoms with Crippen LogP contribution in [0.1, 0.15) is 29.7 Å². The van der Waals surface area contributed by atoms with Crippen LogP contribution in [0.3, 0.4) is 0 Å². The van der Waals surface area contributed by atoms with Gasteiger partial charge in [0.1, 0.15) is 6.61 Å². The minimum absolute atomic E-state index is 0.307. The van der Waals surface area contributed by atoms with Gasteiger partial charge in [-0.1, -0.05) is 54.1 Å². The highest BCUT2D eigenvalue weighted by Gasteiger charge is 2.16. The van der Waals surface area contributed by atoms with E-state index in [1.807, 2.05) is 42.5 Å². The Morgan fingerprint density at radius 2 is 1.73 bits per heavy atom. The van der Waals surface area contributed by atoms with Crippen molar-refractivity contribution in [3.63, 3.8) is 0 Å². The molecule has 2 N–H and O–H groups in total. The molecule has 0 spiro atoms. The lowest BCUT2D eigenvalue weighted by molar-refractivity contribution is -0.139. The number of rotatable bonds is 8. The molecule has 33 heavy (non-hydrogen) atoms. The second kappa shape index (κ2) is 11.7. The molecule has 1 atom stereocenters. The summed E-state index contributed by atoms with van der Waals surface area (Å²) < 4.78 is 11.2. The van der Waals surface area contributed by atoms with Crippen LogP contribution in [0.15, 0.2) is 77.9 Å². The van der Waals surface area contributed by atoms with E-state index < -0.39 is 11.8 Å². The van der Waals surface area contributed by atoms with Crippen molar-refractivity contribution >= 4 is 29.6 Å². The Bertz CT molecular complexity index is 1120. The summed E-state index contributed by atoms with van der Waals surface area (Å²) in [7, 11) is 1.53. The lowest BCUT2D eigenvalue weighted by Gasteiger charge is -2.13. The number of halogens is 1. The molecular formula is C25H24ClN3O4. The molecule has 7 nitrogen and oxygen atoms in total. The van der Waals surface area contributed by atoms with Crippen LogP contribution in [0, 0.1) is 0 Å². The summed E-state index contributed by atoms with van der Waals surface area (Å²) in [5.41, 5.74) is 4.75. The number of carbonyl (C=O) groups is 2. The molecule has 8 heteroatoms. The average molecular weight is 466 g/mol. The molecule has 0 aliphatic rings. The molecular weight excluding hydrogens is 442 g/mol. The molecule has 0 saturated carbocycles. The molecule has 0 radical (unpaired) electrons. The number of hydrogen-bond acceptors (Lipinski definition) is 5. The normalized spacial score (nSPS) is 11.6. The lowest BCUT2D eigenvalue weighted by atomic mass is 10.1. The molecule has 0 unspecified atom stereocenters. The third kappa shape index (κ3) is 7.08. The van der Waals surface area contributed by atoms with Crippen molar-refractivity contribution in [1.29, 1.82) is 0 Å². The van der Waals surface area contributed by atoms with Gasteiger partial charge in [0.05, 0.1) is 19.4 Å². The maximum atomic E-state index is 12.1. The van der Waals surface area contributed by atoms with Gasteiger partial charge in [-0.25, -0.2) is 5.43 Å². The van der Waals surface area contributed by atoms with E-state index in [0.717, 1.165) is 11.1 Å². The second-order valence-electron chi connectivity index (χ2n) is 7.13. The van der Waals surface area contributed by atoms with Crippen molar-refractivity contribution in [1.82, 2.24) is 10.7 Å². The number of amides is 2. The number of hydrogen-bond donors (Lipinski definition) is 2. The van der Waals surface area contributed by atoms with Gasteiger partial charge in [-0.05, 0) is 53.9 Å². The van der Waals surface area contributed by atoms with E-state index in [0.29, 0.717) is 28.7 Å². The fraction of sp³-hybridized carbons (Fsp3) is 0.160. The summed E-state index contributed by atoms with van der Waals surface area (Å²) in [5, 5.41) is 7.15. The first kappa shape index (κ1) is 23.8. The minimum Gasteiger partial charge on any atom is -0.493 e. The fourth-order valence-electron chi connectivity index (χ4n) is 2.93. The van der Waals surface area contributed by atoms with E-state index in [1.165, 1.54) is 13.3 Å². The number of carbonyl (C=O) groups excluding carboxylic acids is 2. The zero-order chi connectivity index (χ0) is 23.6. The molecule has 0 aromatic heterocycles. The number of methoxy groups -OCH3 is 1. The smallest absolute Gasteiger partial charge is 0.329 e. The first-order valence-corrected chi connectivity index (χ1v) is 10.6. The highest BCUT2D eigenvalue weighted by atomic mass is 35.5. The number of benzene rings is 3. The molecule has 0 heterocycles. The van der Waals surface area contributed by atoms with Crippen molar-refractivity contribution in [3.8, 4) is 11.5 Å². The molecule has 3 aromatic rings. The van der Waals surface area contributed by atoms with Crippen molar-refractivity contribution in [3.05, 3.63) is 94.5 Å². The van der Waals surface area contributed by atoms with Crippen molar-refractivity contribution in [2.24, 2.45) is 5.10 Å². The van der Waals surface area contributed by atoms with Crippen molar-refractivity contribution in [2.45, 2.75) is 19.6 Å². The molecule has 3 aromatic carbocycles. The van der Waals surface area contributed by atoms with Gasteiger partial charge in [-0.15, -0.1) is 0 Å². The Balaban J connectivity index is 1.54. The van der Waals surface area contributed by atoms with Gasteiger partial charge < -0.3 is 14.8 Å². The van der Waals surface area contributed by atoms with Crippen LogP contribution >= 0.6 is 11.6 Å². The van der Waals surface area contributed by atoms with Crippen molar-refractivity contribution < 1.29 is 19.1 Å². The fourth-order valence-corrected chi connectivity index (χ4v) is 3.05. The largest absolute Gasteiger partial charge is 0.493 e. The maximum absolute atomic E-state index is 12.1. The summed E-state index contributed by atoms with van der Waals surface area (Å²) in [5.74, 6) is -0.562. The summed E-state index contributed by atoms with van der Waals surface area (Å²) in [6.45, 7) is 2.15. The third-order valence-corrected chi connectivity index (χ3v) is 4.98. The van der Waals surface area contributed by atoms with Gasteiger partial charge in [0.15, 0.2) is 11.5 Å². The van der Waals surface area contributed by atoms with Crippen LogP contribution in [0.4, 0.5) is 0 Å². The Hall–Kier alpha value is -3.84. The van der Waals surface area contributed by atoms with Crippen LogP contribution in [0.2, 0.25) is 5.02 Å². The predicted molar refractivity (Wildman–Crippen MR) is 128 cm³/mol. The van der Waals surface area contributed by atoms with Gasteiger partial charge in [0.2, 0.25) is 0 Å². The van der Waals surface area contributed by atoms with E-state index in [2.05, 4.69) is 15.8 Å². The molecule has 0 aliphatic heterocycles. The van der Waals surface area contributed by atoms with Crippen LogP contribution < -0.4 is 20.2 Å². The van der Waals surface area contributed by atoms with E-state index in [4.69, 9.17) is 21.1 Å². The quantitative estimate of drug-likeness (QED) is 0.295. The van der Waals surface area contributed by atoms with Gasteiger partial charge >= 0.3 is 11.8 Å². The molecule has 0 fully saturated rings. The van der Waals surface area contributed by atoms with Gasteiger partial charge in [0.25, 0.3) is 0 Å². The van der Waals surface area contributed by atoms with Gasteiger partial charge in [-0.3, -0.25) is 9.59 Å². The topological polar surface area (TPSA) is 89.0 Å². The van der Waals surface area contributed by atoms with Crippen molar-refractivity contribution in [2.75, 3.05) is 7.11 Å². The number of nitrogens with zero attached hydrogens (tertiary/aromatic N) is 1. The van der Waals surface area contributed by atoms with E-state index in [9.17, 15) is 9.59 Å². The average Bonchev–Trinajstić information content (AvgIpc) is 2.84. The zero-order valence-electron chi connectivity index (χ0n) is 18.2. The van der Waals surface area contributed by atoms with E-state index in [1.54, 1.807) is 37.3 Å². The van der Waals surface area contributed by atoms with E-state index >= 15 is 0 Å². The van der Waals surface area contributed by atoms with Crippen LogP contribution in [0.25, 0.3) is 0 Å². The Labute approximate surface area is 197 Å². The maximum Gasteiger partial charge on any atom is 0.329 e. The lowest BCUT2D eigenvalue weighted by Crippen LogP contribution is -2.39. The Morgan fingerprint density at radius 1 is 1.00 bits per heavy atom. The monoisotopic (exact) mass is 465 g/mol. The molecule has 0 bridgehead atoms. The summed E-state index contributed by atoms with van der Waals surface area (Å²) in [4.78, 5) is 24.1. The first-order chi connectivity index (χ1) is 16.0. The Morgan fingerprint density at radius 3 is 2.42 bits per heavy atom. The molecule has 170 valence electrons. The van der Waals surface area contributed by atoms with Gasteiger partial charge in [0, 0.05) is 5.02 Å². The van der Waals surface area contributed by atoms with Crippen LogP contribution in [0.5, 0.6) is 11.5 Å². The SMILES string of the molecule is COc1cc(/C=N\NC(=O)C(=O)N[C@@H](C)c2ccccc2)ccc1OCc1ccc(Cl)cc1. The molecule has 2 amide bonds. The Kier molecular flexibility index (Phi) is 8.43. The molecule has 3 rings (SSSR count). The predicted octanol–water partition coefficient (Wildman–Crippen LogP) is 4.26.